The van der Waals surface area contributed by atoms with E-state index in [0.29, 0.717) is 34.2 Å². The Balaban J connectivity index is 1.76. The summed E-state index contributed by atoms with van der Waals surface area (Å²) in [6, 6.07) is 6.94. The van der Waals surface area contributed by atoms with Crippen LogP contribution >= 0.6 is 0 Å². The number of hydrogen-bond donors (Lipinski definition) is 1. The number of pyridine rings is 1. The highest BCUT2D eigenvalue weighted by atomic mass is 16.3. The molecule has 0 fully saturated rings. The number of nitrogens with zero attached hydrogens (tertiary/aromatic N) is 4. The Hall–Kier alpha value is -3.48. The number of aromatic nitrogens is 4. The number of fused-ring (bicyclic) bond motifs is 1. The van der Waals surface area contributed by atoms with Crippen LogP contribution in [0.3, 0.4) is 0 Å². The molecule has 0 unspecified atom stereocenters. The van der Waals surface area contributed by atoms with Gasteiger partial charge in [0.1, 0.15) is 11.5 Å². The molecule has 0 spiro atoms. The van der Waals surface area contributed by atoms with E-state index in [4.69, 9.17) is 4.42 Å². The summed E-state index contributed by atoms with van der Waals surface area (Å²) in [4.78, 5) is 25.1. The van der Waals surface area contributed by atoms with Gasteiger partial charge in [0.15, 0.2) is 11.4 Å². The quantitative estimate of drug-likeness (QED) is 0.627. The van der Waals surface area contributed by atoms with E-state index in [1.165, 1.54) is 0 Å². The van der Waals surface area contributed by atoms with Crippen molar-refractivity contribution in [2.24, 2.45) is 0 Å². The number of nitrogens with one attached hydrogen (secondary N) is 1. The number of aryl methyl sites for hydroxylation is 1. The van der Waals surface area contributed by atoms with Crippen LogP contribution in [0.15, 0.2) is 59.7 Å². The maximum Gasteiger partial charge on any atom is 0.256 e. The van der Waals surface area contributed by atoms with Gasteiger partial charge in [0.25, 0.3) is 5.91 Å². The van der Waals surface area contributed by atoms with Crippen molar-refractivity contribution in [2.75, 3.05) is 5.32 Å². The molecule has 0 atom stereocenters. The van der Waals surface area contributed by atoms with Crippen molar-refractivity contribution in [1.82, 2.24) is 19.4 Å². The molecule has 4 heterocycles. The normalized spacial score (nSPS) is 10.9. The van der Waals surface area contributed by atoms with Crippen molar-refractivity contribution in [2.45, 2.75) is 6.92 Å². The Labute approximate surface area is 137 Å². The zero-order valence-corrected chi connectivity index (χ0v) is 12.8. The molecule has 0 radical (unpaired) electrons. The van der Waals surface area contributed by atoms with Crippen LogP contribution in [-0.2, 0) is 0 Å². The first-order valence-corrected chi connectivity index (χ1v) is 7.32. The van der Waals surface area contributed by atoms with Crippen molar-refractivity contribution >= 4 is 17.4 Å². The molecule has 1 amide bonds. The number of anilines is 1. The molecule has 118 valence electrons. The van der Waals surface area contributed by atoms with Gasteiger partial charge in [-0.05, 0) is 31.2 Å². The van der Waals surface area contributed by atoms with Crippen LogP contribution in [0.5, 0.6) is 0 Å². The van der Waals surface area contributed by atoms with Gasteiger partial charge < -0.3 is 9.73 Å². The standard InChI is InChI=1S/C17H13N5O2/c1-11-16(21-17(23)12-4-6-18-7-5-12)22-10-13(14-3-2-8-24-14)19-9-15(22)20-11/h2-10H,1H3,(H,21,23). The zero-order valence-electron chi connectivity index (χ0n) is 12.8. The van der Waals surface area contributed by atoms with Crippen molar-refractivity contribution < 1.29 is 9.21 Å². The Morgan fingerprint density at radius 3 is 2.83 bits per heavy atom. The number of imidazole rings is 1. The van der Waals surface area contributed by atoms with Gasteiger partial charge in [-0.1, -0.05) is 0 Å². The second-order valence-electron chi connectivity index (χ2n) is 5.21. The molecule has 0 saturated carbocycles. The van der Waals surface area contributed by atoms with Crippen LogP contribution in [0.2, 0.25) is 0 Å². The van der Waals surface area contributed by atoms with Crippen LogP contribution in [0.25, 0.3) is 17.1 Å². The topological polar surface area (TPSA) is 85.3 Å². The van der Waals surface area contributed by atoms with Crippen LogP contribution < -0.4 is 5.32 Å². The number of hydrogen-bond acceptors (Lipinski definition) is 5. The number of carbonyl (C=O) groups is 1. The van der Waals surface area contributed by atoms with Gasteiger partial charge in [-0.25, -0.2) is 9.97 Å². The third-order valence-electron chi connectivity index (χ3n) is 3.63. The Morgan fingerprint density at radius 2 is 2.08 bits per heavy atom. The van der Waals surface area contributed by atoms with Crippen LogP contribution in [0, 0.1) is 6.92 Å². The zero-order chi connectivity index (χ0) is 16.5. The molecule has 4 aromatic rings. The molecule has 4 rings (SSSR count). The third-order valence-corrected chi connectivity index (χ3v) is 3.63. The number of furan rings is 1. The molecule has 1 N–H and O–H groups in total. The van der Waals surface area contributed by atoms with Crippen molar-refractivity contribution in [1.29, 1.82) is 0 Å². The minimum atomic E-state index is -0.223. The molecule has 4 aromatic heterocycles. The van der Waals surface area contributed by atoms with E-state index in [2.05, 4.69) is 20.3 Å². The first kappa shape index (κ1) is 14.1. The lowest BCUT2D eigenvalue weighted by Crippen LogP contribution is -2.14. The molecule has 0 aliphatic rings. The van der Waals surface area contributed by atoms with E-state index in [1.807, 2.05) is 13.0 Å². The summed E-state index contributed by atoms with van der Waals surface area (Å²) in [7, 11) is 0. The average molecular weight is 319 g/mol. The molecule has 0 saturated heterocycles. The van der Waals surface area contributed by atoms with E-state index >= 15 is 0 Å². The van der Waals surface area contributed by atoms with Gasteiger partial charge in [-0.15, -0.1) is 0 Å². The lowest BCUT2D eigenvalue weighted by Gasteiger charge is -2.06. The largest absolute Gasteiger partial charge is 0.463 e. The number of carbonyl (C=O) groups excluding carboxylic acids is 1. The molecule has 0 aliphatic carbocycles. The van der Waals surface area contributed by atoms with E-state index < -0.39 is 0 Å². The number of amides is 1. The van der Waals surface area contributed by atoms with Gasteiger partial charge in [0.05, 0.1) is 18.2 Å². The van der Waals surface area contributed by atoms with Gasteiger partial charge in [0.2, 0.25) is 0 Å². The third kappa shape index (κ3) is 2.41. The highest BCUT2D eigenvalue weighted by Crippen LogP contribution is 2.22. The second-order valence-corrected chi connectivity index (χ2v) is 5.21. The SMILES string of the molecule is Cc1nc2cnc(-c3ccco3)cn2c1NC(=O)c1ccncc1. The van der Waals surface area contributed by atoms with Crippen LogP contribution in [-0.4, -0.2) is 25.3 Å². The molecule has 0 aromatic carbocycles. The summed E-state index contributed by atoms with van der Waals surface area (Å²) in [5.74, 6) is 1.02. The van der Waals surface area contributed by atoms with Crippen molar-refractivity contribution in [3.63, 3.8) is 0 Å². The monoisotopic (exact) mass is 319 g/mol. The Kier molecular flexibility index (Phi) is 3.31. The minimum absolute atomic E-state index is 0.223. The summed E-state index contributed by atoms with van der Waals surface area (Å²) < 4.78 is 7.17. The molecule has 0 aliphatic heterocycles. The fraction of sp³-hybridized carbons (Fsp3) is 0.0588. The number of rotatable bonds is 3. The first-order valence-electron chi connectivity index (χ1n) is 7.32. The van der Waals surface area contributed by atoms with E-state index in [1.54, 1.807) is 53.7 Å². The van der Waals surface area contributed by atoms with Gasteiger partial charge in [0, 0.05) is 24.2 Å². The van der Waals surface area contributed by atoms with E-state index in [-0.39, 0.29) is 5.91 Å². The molecular formula is C17H13N5O2. The van der Waals surface area contributed by atoms with Crippen LogP contribution in [0.4, 0.5) is 5.82 Å². The predicted octanol–water partition coefficient (Wildman–Crippen LogP) is 2.95. The highest BCUT2D eigenvalue weighted by Gasteiger charge is 2.15. The summed E-state index contributed by atoms with van der Waals surface area (Å²) in [5, 5.41) is 2.90. The average Bonchev–Trinajstić information content (AvgIpc) is 3.24. The molecule has 7 heteroatoms. The lowest BCUT2D eigenvalue weighted by atomic mass is 10.2. The summed E-state index contributed by atoms with van der Waals surface area (Å²) in [6.07, 6.45) is 8.18. The summed E-state index contributed by atoms with van der Waals surface area (Å²) in [5.41, 5.74) is 2.53. The van der Waals surface area contributed by atoms with Crippen molar-refractivity contribution in [3.05, 3.63) is 66.6 Å². The molecule has 0 bridgehead atoms. The van der Waals surface area contributed by atoms with E-state index in [9.17, 15) is 4.79 Å². The molecule has 24 heavy (non-hydrogen) atoms. The van der Waals surface area contributed by atoms with Gasteiger partial charge >= 0.3 is 0 Å². The predicted molar refractivity (Wildman–Crippen MR) is 87.6 cm³/mol. The summed E-state index contributed by atoms with van der Waals surface area (Å²) >= 11 is 0. The van der Waals surface area contributed by atoms with Crippen molar-refractivity contribution in [3.8, 4) is 11.5 Å². The Bertz CT molecular complexity index is 1010. The second kappa shape index (κ2) is 5.62. The van der Waals surface area contributed by atoms with Crippen LogP contribution in [0.1, 0.15) is 16.1 Å². The fourth-order valence-electron chi connectivity index (χ4n) is 2.46. The highest BCUT2D eigenvalue weighted by molar-refractivity contribution is 6.04. The molecular weight excluding hydrogens is 306 g/mol. The maximum absolute atomic E-state index is 12.4. The lowest BCUT2D eigenvalue weighted by molar-refractivity contribution is 0.102. The Morgan fingerprint density at radius 1 is 1.25 bits per heavy atom. The van der Waals surface area contributed by atoms with E-state index in [0.717, 1.165) is 0 Å². The summed E-state index contributed by atoms with van der Waals surface area (Å²) in [6.45, 7) is 1.84. The molecule has 7 nitrogen and oxygen atoms in total. The first-order chi connectivity index (χ1) is 11.7. The fourth-order valence-corrected chi connectivity index (χ4v) is 2.46. The minimum Gasteiger partial charge on any atom is -0.463 e. The maximum atomic E-state index is 12.4. The smallest absolute Gasteiger partial charge is 0.256 e. The van der Waals surface area contributed by atoms with Gasteiger partial charge in [-0.2, -0.15) is 0 Å². The van der Waals surface area contributed by atoms with Gasteiger partial charge in [-0.3, -0.25) is 14.2 Å².